The molecule has 2 heterocycles. The number of nitrogens with zero attached hydrogens (tertiary/aromatic N) is 3. The van der Waals surface area contributed by atoms with Gasteiger partial charge in [0, 0.05) is 17.7 Å². The second-order valence-electron chi connectivity index (χ2n) is 8.36. The highest BCUT2D eigenvalue weighted by molar-refractivity contribution is 5.64. The van der Waals surface area contributed by atoms with Crippen molar-refractivity contribution in [2.45, 2.75) is 46.8 Å². The quantitative estimate of drug-likeness (QED) is 0.462. The van der Waals surface area contributed by atoms with E-state index >= 15 is 0 Å². The van der Waals surface area contributed by atoms with Crippen LogP contribution in [0.15, 0.2) is 34.9 Å². The molecule has 0 radical (unpaired) electrons. The summed E-state index contributed by atoms with van der Waals surface area (Å²) >= 11 is 0. The molecule has 1 atom stereocenters. The fraction of sp³-hybridized carbons (Fsp3) is 0.440. The standard InChI is InChI=1S/C25H31N3O3/c1-6-19-12-20(10-17(4)23(19)30-15-22-14-29-22)24-26-25(31-27-24)21-9-16(3)8-18(11-21)13-28(5)7-2/h8-12,22H,6-7,13-15H2,1-5H3. The van der Waals surface area contributed by atoms with Crippen molar-refractivity contribution in [2.24, 2.45) is 0 Å². The molecule has 164 valence electrons. The highest BCUT2D eigenvalue weighted by Crippen LogP contribution is 2.32. The van der Waals surface area contributed by atoms with Crippen molar-refractivity contribution < 1.29 is 14.0 Å². The summed E-state index contributed by atoms with van der Waals surface area (Å²) in [6.45, 7) is 11.7. The lowest BCUT2D eigenvalue weighted by Crippen LogP contribution is -2.16. The highest BCUT2D eigenvalue weighted by Gasteiger charge is 2.24. The van der Waals surface area contributed by atoms with Gasteiger partial charge in [-0.25, -0.2) is 0 Å². The van der Waals surface area contributed by atoms with Gasteiger partial charge in [0.15, 0.2) is 0 Å². The van der Waals surface area contributed by atoms with Gasteiger partial charge in [-0.15, -0.1) is 0 Å². The predicted molar refractivity (Wildman–Crippen MR) is 121 cm³/mol. The minimum atomic E-state index is 0.236. The normalized spacial score (nSPS) is 15.5. The number of hydrogen-bond donors (Lipinski definition) is 0. The first-order valence-corrected chi connectivity index (χ1v) is 11.0. The molecule has 0 amide bonds. The summed E-state index contributed by atoms with van der Waals surface area (Å²) < 4.78 is 16.9. The molecule has 0 aliphatic carbocycles. The molecule has 6 nitrogen and oxygen atoms in total. The number of rotatable bonds is 9. The zero-order chi connectivity index (χ0) is 22.0. The number of epoxide rings is 1. The summed E-state index contributed by atoms with van der Waals surface area (Å²) in [6, 6.07) is 10.6. The lowest BCUT2D eigenvalue weighted by atomic mass is 10.0. The van der Waals surface area contributed by atoms with Crippen LogP contribution in [0.2, 0.25) is 0 Å². The molecule has 0 N–H and O–H groups in total. The Morgan fingerprint density at radius 3 is 2.61 bits per heavy atom. The number of benzene rings is 2. The second-order valence-corrected chi connectivity index (χ2v) is 8.36. The summed E-state index contributed by atoms with van der Waals surface area (Å²) in [4.78, 5) is 6.98. The molecule has 0 bridgehead atoms. The third-order valence-electron chi connectivity index (χ3n) is 5.61. The lowest BCUT2D eigenvalue weighted by Gasteiger charge is -2.14. The minimum absolute atomic E-state index is 0.236. The van der Waals surface area contributed by atoms with Crippen LogP contribution in [-0.4, -0.2) is 48.0 Å². The van der Waals surface area contributed by atoms with E-state index in [0.717, 1.165) is 54.1 Å². The summed E-state index contributed by atoms with van der Waals surface area (Å²) in [5.74, 6) is 2.08. The van der Waals surface area contributed by atoms with Gasteiger partial charge in [-0.2, -0.15) is 4.98 Å². The lowest BCUT2D eigenvalue weighted by molar-refractivity contribution is 0.260. The first kappa shape index (κ1) is 21.5. The summed E-state index contributed by atoms with van der Waals surface area (Å²) in [6.07, 6.45) is 1.10. The SMILES string of the molecule is CCc1cc(-c2noc(-c3cc(C)cc(CN(C)CC)c3)n2)cc(C)c1OCC1CO1. The van der Waals surface area contributed by atoms with Gasteiger partial charge in [0.2, 0.25) is 5.82 Å². The second kappa shape index (κ2) is 9.20. The van der Waals surface area contributed by atoms with Gasteiger partial charge in [-0.3, -0.25) is 0 Å². The van der Waals surface area contributed by atoms with Gasteiger partial charge >= 0.3 is 0 Å². The van der Waals surface area contributed by atoms with Gasteiger partial charge < -0.3 is 18.9 Å². The van der Waals surface area contributed by atoms with E-state index in [2.05, 4.69) is 75.1 Å². The van der Waals surface area contributed by atoms with E-state index in [4.69, 9.17) is 19.0 Å². The Labute approximate surface area is 184 Å². The van der Waals surface area contributed by atoms with Crippen LogP contribution in [-0.2, 0) is 17.7 Å². The van der Waals surface area contributed by atoms with E-state index in [9.17, 15) is 0 Å². The number of hydrogen-bond acceptors (Lipinski definition) is 6. The Morgan fingerprint density at radius 2 is 1.90 bits per heavy atom. The van der Waals surface area contributed by atoms with Crippen LogP contribution in [0.5, 0.6) is 5.75 Å². The molecule has 3 aromatic rings. The average molecular weight is 422 g/mol. The van der Waals surface area contributed by atoms with Gasteiger partial charge in [0.1, 0.15) is 18.5 Å². The molecular formula is C25H31N3O3. The largest absolute Gasteiger partial charge is 0.490 e. The Kier molecular flexibility index (Phi) is 6.39. The first-order valence-electron chi connectivity index (χ1n) is 11.0. The third-order valence-corrected chi connectivity index (χ3v) is 5.61. The van der Waals surface area contributed by atoms with Crippen molar-refractivity contribution in [3.8, 4) is 28.6 Å². The van der Waals surface area contributed by atoms with Crippen LogP contribution >= 0.6 is 0 Å². The molecule has 1 saturated heterocycles. The van der Waals surface area contributed by atoms with E-state index in [1.54, 1.807) is 0 Å². The molecule has 2 aromatic carbocycles. The van der Waals surface area contributed by atoms with Crippen molar-refractivity contribution in [1.29, 1.82) is 0 Å². The van der Waals surface area contributed by atoms with Gasteiger partial charge in [-0.05, 0) is 74.8 Å². The van der Waals surface area contributed by atoms with Crippen molar-refractivity contribution in [3.63, 3.8) is 0 Å². The van der Waals surface area contributed by atoms with Crippen molar-refractivity contribution >= 4 is 0 Å². The van der Waals surface area contributed by atoms with Gasteiger partial charge in [0.05, 0.1) is 6.61 Å². The fourth-order valence-corrected chi connectivity index (χ4v) is 3.74. The molecule has 1 aliphatic heterocycles. The molecule has 0 spiro atoms. The zero-order valence-corrected chi connectivity index (χ0v) is 19.1. The van der Waals surface area contributed by atoms with Gasteiger partial charge in [-0.1, -0.05) is 30.6 Å². The van der Waals surface area contributed by atoms with Crippen LogP contribution in [0.1, 0.15) is 36.1 Å². The molecule has 6 heteroatoms. The molecule has 0 saturated carbocycles. The van der Waals surface area contributed by atoms with Crippen molar-refractivity contribution in [2.75, 3.05) is 26.8 Å². The van der Waals surface area contributed by atoms with E-state index in [-0.39, 0.29) is 6.10 Å². The number of aryl methyl sites for hydroxylation is 3. The van der Waals surface area contributed by atoms with Crippen LogP contribution in [0.3, 0.4) is 0 Å². The molecule has 4 rings (SSSR count). The van der Waals surface area contributed by atoms with Crippen LogP contribution in [0.4, 0.5) is 0 Å². The minimum Gasteiger partial charge on any atom is -0.490 e. The Bertz CT molecular complexity index is 1060. The smallest absolute Gasteiger partial charge is 0.258 e. The maximum Gasteiger partial charge on any atom is 0.258 e. The third kappa shape index (κ3) is 5.14. The summed E-state index contributed by atoms with van der Waals surface area (Å²) in [5.41, 5.74) is 6.53. The highest BCUT2D eigenvalue weighted by atomic mass is 16.6. The molecular weight excluding hydrogens is 390 g/mol. The Hall–Kier alpha value is -2.70. The number of ether oxygens (including phenoxy) is 2. The van der Waals surface area contributed by atoms with E-state index in [1.807, 2.05) is 0 Å². The number of aromatic nitrogens is 2. The zero-order valence-electron chi connectivity index (χ0n) is 19.1. The monoisotopic (exact) mass is 421 g/mol. The van der Waals surface area contributed by atoms with E-state index in [0.29, 0.717) is 18.3 Å². The Balaban J connectivity index is 1.60. The van der Waals surface area contributed by atoms with Crippen molar-refractivity contribution in [3.05, 3.63) is 52.6 Å². The van der Waals surface area contributed by atoms with Crippen molar-refractivity contribution in [1.82, 2.24) is 15.0 Å². The fourth-order valence-electron chi connectivity index (χ4n) is 3.74. The molecule has 1 fully saturated rings. The maximum atomic E-state index is 6.02. The Morgan fingerprint density at radius 1 is 1.10 bits per heavy atom. The summed E-state index contributed by atoms with van der Waals surface area (Å²) in [5, 5.41) is 4.27. The summed E-state index contributed by atoms with van der Waals surface area (Å²) in [7, 11) is 2.12. The van der Waals surface area contributed by atoms with Crippen LogP contribution in [0, 0.1) is 13.8 Å². The van der Waals surface area contributed by atoms with Crippen LogP contribution in [0.25, 0.3) is 22.8 Å². The topological polar surface area (TPSA) is 63.9 Å². The molecule has 31 heavy (non-hydrogen) atoms. The molecule has 1 aromatic heterocycles. The molecule has 1 aliphatic rings. The first-order chi connectivity index (χ1) is 15.0. The van der Waals surface area contributed by atoms with Crippen LogP contribution < -0.4 is 4.74 Å². The van der Waals surface area contributed by atoms with E-state index < -0.39 is 0 Å². The molecule has 1 unspecified atom stereocenters. The maximum absolute atomic E-state index is 6.02. The predicted octanol–water partition coefficient (Wildman–Crippen LogP) is 4.81. The van der Waals surface area contributed by atoms with Gasteiger partial charge in [0.25, 0.3) is 5.89 Å². The van der Waals surface area contributed by atoms with E-state index in [1.165, 1.54) is 11.1 Å². The average Bonchev–Trinajstić information content (AvgIpc) is 3.44.